The Kier molecular flexibility index (Phi) is 4.02. The summed E-state index contributed by atoms with van der Waals surface area (Å²) in [4.78, 5) is 26.9. The Morgan fingerprint density at radius 3 is 2.67 bits per heavy atom. The fourth-order valence-electron chi connectivity index (χ4n) is 2.10. The van der Waals surface area contributed by atoms with Gasteiger partial charge in [-0.25, -0.2) is 9.78 Å². The number of hydrogen-bond donors (Lipinski definition) is 2. The zero-order chi connectivity index (χ0) is 15.6. The van der Waals surface area contributed by atoms with Crippen molar-refractivity contribution in [2.45, 2.75) is 20.3 Å². The molecule has 0 aliphatic rings. The zero-order valence-electron chi connectivity index (χ0n) is 12.0. The number of rotatable bonds is 4. The fourth-order valence-corrected chi connectivity index (χ4v) is 2.10. The van der Waals surface area contributed by atoms with Crippen molar-refractivity contribution in [3.8, 4) is 0 Å². The van der Waals surface area contributed by atoms with Crippen molar-refractivity contribution in [1.29, 1.82) is 0 Å². The van der Waals surface area contributed by atoms with E-state index in [1.807, 2.05) is 20.9 Å². The van der Waals surface area contributed by atoms with Gasteiger partial charge in [0, 0.05) is 24.5 Å². The number of nitrogens with one attached hydrogen (secondary N) is 1. The van der Waals surface area contributed by atoms with E-state index in [1.54, 1.807) is 10.7 Å². The molecular formula is C14H16N4O3. The standard InChI is InChI=1S/C14H16N4O3/c1-8-10(9(2)18(3)17-8)7-12(19)16-11-5-4-6-15-13(11)14(20)21/h4-6H,7H2,1-3H3,(H,16,19)(H,20,21). The number of carboxylic acids is 1. The van der Waals surface area contributed by atoms with E-state index >= 15 is 0 Å². The third-order valence-electron chi connectivity index (χ3n) is 3.28. The van der Waals surface area contributed by atoms with Crippen LogP contribution in [0.25, 0.3) is 0 Å². The number of hydrogen-bond acceptors (Lipinski definition) is 4. The van der Waals surface area contributed by atoms with Gasteiger partial charge >= 0.3 is 5.97 Å². The highest BCUT2D eigenvalue weighted by molar-refractivity contribution is 5.99. The van der Waals surface area contributed by atoms with Crippen LogP contribution in [0.4, 0.5) is 5.69 Å². The van der Waals surface area contributed by atoms with Crippen molar-refractivity contribution in [2.75, 3.05) is 5.32 Å². The summed E-state index contributed by atoms with van der Waals surface area (Å²) in [5.74, 6) is -1.48. The lowest BCUT2D eigenvalue weighted by molar-refractivity contribution is -0.115. The van der Waals surface area contributed by atoms with Crippen LogP contribution in [0.15, 0.2) is 18.3 Å². The molecule has 1 amide bonds. The molecule has 110 valence electrons. The predicted octanol–water partition coefficient (Wildman–Crippen LogP) is 1.31. The van der Waals surface area contributed by atoms with Gasteiger partial charge in [-0.05, 0) is 26.0 Å². The monoisotopic (exact) mass is 288 g/mol. The molecule has 21 heavy (non-hydrogen) atoms. The minimum atomic E-state index is -1.18. The molecule has 0 radical (unpaired) electrons. The molecule has 2 heterocycles. The van der Waals surface area contributed by atoms with Crippen LogP contribution in [0.3, 0.4) is 0 Å². The maximum Gasteiger partial charge on any atom is 0.356 e. The van der Waals surface area contributed by atoms with Gasteiger partial charge in [-0.1, -0.05) is 0 Å². The van der Waals surface area contributed by atoms with Crippen molar-refractivity contribution >= 4 is 17.6 Å². The summed E-state index contributed by atoms with van der Waals surface area (Å²) in [6.07, 6.45) is 1.51. The minimum absolute atomic E-state index is 0.138. The third-order valence-corrected chi connectivity index (χ3v) is 3.28. The molecule has 2 rings (SSSR count). The van der Waals surface area contributed by atoms with Crippen LogP contribution in [-0.4, -0.2) is 31.7 Å². The number of aromatic carboxylic acids is 1. The second-order valence-corrected chi connectivity index (χ2v) is 4.70. The topological polar surface area (TPSA) is 97.1 Å². The molecule has 2 aromatic heterocycles. The molecule has 0 aliphatic heterocycles. The Labute approximate surface area is 121 Å². The van der Waals surface area contributed by atoms with E-state index in [0.29, 0.717) is 0 Å². The first-order valence-corrected chi connectivity index (χ1v) is 6.37. The van der Waals surface area contributed by atoms with E-state index in [4.69, 9.17) is 5.11 Å². The van der Waals surface area contributed by atoms with Crippen molar-refractivity contribution < 1.29 is 14.7 Å². The second kappa shape index (κ2) is 5.74. The normalized spacial score (nSPS) is 10.4. The molecule has 0 bridgehead atoms. The summed E-state index contributed by atoms with van der Waals surface area (Å²) in [6, 6.07) is 3.08. The van der Waals surface area contributed by atoms with Gasteiger partial charge in [0.25, 0.3) is 0 Å². The third kappa shape index (κ3) is 3.07. The molecule has 7 heteroatoms. The average Bonchev–Trinajstić information content (AvgIpc) is 2.66. The lowest BCUT2D eigenvalue weighted by atomic mass is 10.1. The van der Waals surface area contributed by atoms with Crippen LogP contribution in [0, 0.1) is 13.8 Å². The quantitative estimate of drug-likeness (QED) is 0.884. The average molecular weight is 288 g/mol. The first-order valence-electron chi connectivity index (χ1n) is 6.37. The second-order valence-electron chi connectivity index (χ2n) is 4.70. The van der Waals surface area contributed by atoms with Crippen LogP contribution in [-0.2, 0) is 18.3 Å². The number of pyridine rings is 1. The highest BCUT2D eigenvalue weighted by Crippen LogP contribution is 2.16. The Morgan fingerprint density at radius 2 is 2.10 bits per heavy atom. The molecule has 0 unspecified atom stereocenters. The molecule has 2 N–H and O–H groups in total. The van der Waals surface area contributed by atoms with Gasteiger partial charge in [0.15, 0.2) is 5.69 Å². The summed E-state index contributed by atoms with van der Waals surface area (Å²) < 4.78 is 1.71. The number of nitrogens with zero attached hydrogens (tertiary/aromatic N) is 3. The molecular weight excluding hydrogens is 272 g/mol. The number of anilines is 1. The molecule has 0 aromatic carbocycles. The van der Waals surface area contributed by atoms with Gasteiger partial charge in [0.05, 0.1) is 17.8 Å². The van der Waals surface area contributed by atoms with Crippen molar-refractivity contribution in [2.24, 2.45) is 7.05 Å². The fraction of sp³-hybridized carbons (Fsp3) is 0.286. The maximum atomic E-state index is 12.1. The van der Waals surface area contributed by atoms with Crippen LogP contribution < -0.4 is 5.32 Å². The van der Waals surface area contributed by atoms with Gasteiger partial charge in [-0.2, -0.15) is 5.10 Å². The van der Waals surface area contributed by atoms with Crippen molar-refractivity contribution in [3.05, 3.63) is 41.0 Å². The summed E-state index contributed by atoms with van der Waals surface area (Å²) in [5, 5.41) is 15.9. The number of carboxylic acid groups (broad SMARTS) is 1. The van der Waals surface area contributed by atoms with Gasteiger partial charge in [0.1, 0.15) is 0 Å². The Balaban J connectivity index is 2.18. The molecule has 7 nitrogen and oxygen atoms in total. The smallest absolute Gasteiger partial charge is 0.356 e. The van der Waals surface area contributed by atoms with E-state index in [9.17, 15) is 9.59 Å². The summed E-state index contributed by atoms with van der Waals surface area (Å²) in [6.45, 7) is 3.72. The Bertz CT molecular complexity index is 706. The first kappa shape index (κ1) is 14.7. The molecule has 0 saturated carbocycles. The molecule has 0 spiro atoms. The maximum absolute atomic E-state index is 12.1. The van der Waals surface area contributed by atoms with Gasteiger partial charge in [-0.15, -0.1) is 0 Å². The van der Waals surface area contributed by atoms with Crippen LogP contribution in [0.2, 0.25) is 0 Å². The summed E-state index contributed by atoms with van der Waals surface area (Å²) in [7, 11) is 1.81. The zero-order valence-corrected chi connectivity index (χ0v) is 12.0. The van der Waals surface area contributed by atoms with Gasteiger partial charge in [-0.3, -0.25) is 9.48 Å². The van der Waals surface area contributed by atoms with E-state index in [-0.39, 0.29) is 23.7 Å². The molecule has 0 atom stereocenters. The number of carbonyl (C=O) groups excluding carboxylic acids is 1. The highest BCUT2D eigenvalue weighted by Gasteiger charge is 2.16. The predicted molar refractivity (Wildman–Crippen MR) is 76.2 cm³/mol. The number of amides is 1. The first-order chi connectivity index (χ1) is 9.90. The lowest BCUT2D eigenvalue weighted by Crippen LogP contribution is -2.18. The summed E-state index contributed by atoms with van der Waals surface area (Å²) in [5.41, 5.74) is 2.55. The Morgan fingerprint density at radius 1 is 1.38 bits per heavy atom. The number of carbonyl (C=O) groups is 2. The minimum Gasteiger partial charge on any atom is -0.476 e. The lowest BCUT2D eigenvalue weighted by Gasteiger charge is -2.07. The molecule has 0 fully saturated rings. The van der Waals surface area contributed by atoms with E-state index < -0.39 is 5.97 Å². The number of aryl methyl sites for hydroxylation is 2. The largest absolute Gasteiger partial charge is 0.476 e. The molecule has 0 aliphatic carbocycles. The van der Waals surface area contributed by atoms with Gasteiger partial charge in [0.2, 0.25) is 5.91 Å². The van der Waals surface area contributed by atoms with Crippen molar-refractivity contribution in [3.63, 3.8) is 0 Å². The van der Waals surface area contributed by atoms with Crippen LogP contribution in [0.1, 0.15) is 27.4 Å². The van der Waals surface area contributed by atoms with Gasteiger partial charge < -0.3 is 10.4 Å². The molecule has 2 aromatic rings. The highest BCUT2D eigenvalue weighted by atomic mass is 16.4. The van der Waals surface area contributed by atoms with Crippen LogP contribution >= 0.6 is 0 Å². The summed E-state index contributed by atoms with van der Waals surface area (Å²) >= 11 is 0. The van der Waals surface area contributed by atoms with Crippen molar-refractivity contribution in [1.82, 2.24) is 14.8 Å². The SMILES string of the molecule is Cc1nn(C)c(C)c1CC(=O)Nc1cccnc1C(=O)O. The van der Waals surface area contributed by atoms with E-state index in [0.717, 1.165) is 17.0 Å². The van der Waals surface area contributed by atoms with Crippen LogP contribution in [0.5, 0.6) is 0 Å². The number of aromatic nitrogens is 3. The molecule has 0 saturated heterocycles. The van der Waals surface area contributed by atoms with E-state index in [1.165, 1.54) is 12.3 Å². The van der Waals surface area contributed by atoms with E-state index in [2.05, 4.69) is 15.4 Å². The Hall–Kier alpha value is -2.70.